The molecule has 0 aliphatic carbocycles. The molecule has 0 atom stereocenters. The molecule has 0 spiro atoms. The number of anilines is 2. The molecule has 0 heterocycles. The maximum absolute atomic E-state index is 12.5. The number of esters is 5. The van der Waals surface area contributed by atoms with Crippen molar-refractivity contribution in [1.82, 2.24) is 0 Å². The average molecular weight is 713 g/mol. The minimum Gasteiger partial charge on any atom is -0.462 e. The molecule has 0 radical (unpaired) electrons. The number of carbonyl (C=O) groups excluding carboxylic acids is 5. The summed E-state index contributed by atoms with van der Waals surface area (Å²) < 4.78 is 25.1. The lowest BCUT2D eigenvalue weighted by atomic mass is 10.1. The summed E-state index contributed by atoms with van der Waals surface area (Å²) in [7, 11) is 3.53. The number of rotatable bonds is 19. The summed E-state index contributed by atoms with van der Waals surface area (Å²) in [6, 6.07) is 17.4. The van der Waals surface area contributed by atoms with Gasteiger partial charge in [0.25, 0.3) is 0 Å². The topological polar surface area (TPSA) is 186 Å². The van der Waals surface area contributed by atoms with E-state index in [1.165, 1.54) is 26.0 Å². The minimum atomic E-state index is -0.861. The number of hydrogen-bond donors (Lipinski definition) is 0. The monoisotopic (exact) mass is 712 g/mol. The predicted molar refractivity (Wildman–Crippen MR) is 191 cm³/mol. The summed E-state index contributed by atoms with van der Waals surface area (Å²) in [5, 5.41) is 18.8. The molecule has 2 rings (SSSR count). The van der Waals surface area contributed by atoms with E-state index in [1.54, 1.807) is 72.6 Å². The second-order valence-electron chi connectivity index (χ2n) is 11.1. The van der Waals surface area contributed by atoms with E-state index in [-0.39, 0.29) is 61.9 Å². The van der Waals surface area contributed by atoms with Crippen LogP contribution in [0.2, 0.25) is 0 Å². The van der Waals surface area contributed by atoms with Crippen LogP contribution in [-0.4, -0.2) is 90.1 Å². The fourth-order valence-corrected chi connectivity index (χ4v) is 3.95. The Kier molecular flexibility index (Phi) is 17.1. The van der Waals surface area contributed by atoms with E-state index >= 15 is 0 Å². The zero-order valence-electron chi connectivity index (χ0n) is 29.5. The van der Waals surface area contributed by atoms with Crippen molar-refractivity contribution in [3.63, 3.8) is 0 Å². The number of nitrogens with zero attached hydrogens (tertiary/aromatic N) is 4. The normalized spacial score (nSPS) is 10.8. The number of ether oxygens (including phenoxy) is 5. The molecule has 0 saturated heterocycles. The van der Waals surface area contributed by atoms with Gasteiger partial charge in [-0.1, -0.05) is 37.4 Å². The molecule has 0 aliphatic heterocycles. The van der Waals surface area contributed by atoms with E-state index in [0.29, 0.717) is 23.4 Å². The molecule has 14 nitrogen and oxygen atoms in total. The van der Waals surface area contributed by atoms with Gasteiger partial charge in [-0.15, -0.1) is 0 Å². The molecule has 0 unspecified atom stereocenters. The quantitative estimate of drug-likeness (QED) is 0.0670. The molecule has 0 fully saturated rings. The van der Waals surface area contributed by atoms with Crippen LogP contribution in [0.25, 0.3) is 12.2 Å². The molecule has 0 N–H and O–H groups in total. The van der Waals surface area contributed by atoms with E-state index in [2.05, 4.69) is 13.2 Å². The van der Waals surface area contributed by atoms with Gasteiger partial charge in [0, 0.05) is 36.6 Å². The van der Waals surface area contributed by atoms with Crippen molar-refractivity contribution in [2.75, 3.05) is 70.0 Å². The Morgan fingerprint density at radius 3 is 1.33 bits per heavy atom. The summed E-state index contributed by atoms with van der Waals surface area (Å²) in [4.78, 5) is 63.3. The fourth-order valence-electron chi connectivity index (χ4n) is 3.95. The van der Waals surface area contributed by atoms with Gasteiger partial charge in [-0.05, 0) is 61.4 Å². The molecule has 52 heavy (non-hydrogen) atoms. The van der Waals surface area contributed by atoms with Gasteiger partial charge in [0.15, 0.2) is 0 Å². The van der Waals surface area contributed by atoms with Crippen molar-refractivity contribution in [3.8, 4) is 12.1 Å². The van der Waals surface area contributed by atoms with Crippen molar-refractivity contribution >= 4 is 53.4 Å². The second kappa shape index (κ2) is 21.4. The lowest BCUT2D eigenvalue weighted by molar-refractivity contribution is -0.147. The van der Waals surface area contributed by atoms with Crippen LogP contribution in [0.5, 0.6) is 0 Å². The summed E-state index contributed by atoms with van der Waals surface area (Å²) in [6.45, 7) is 9.61. The van der Waals surface area contributed by atoms with Crippen molar-refractivity contribution in [3.05, 3.63) is 95.1 Å². The van der Waals surface area contributed by atoms with Crippen LogP contribution in [0.4, 0.5) is 11.4 Å². The first-order chi connectivity index (χ1) is 24.7. The molecule has 0 bridgehead atoms. The van der Waals surface area contributed by atoms with Gasteiger partial charge < -0.3 is 33.5 Å². The highest BCUT2D eigenvalue weighted by atomic mass is 16.6. The summed E-state index contributed by atoms with van der Waals surface area (Å²) in [6.07, 6.45) is 2.74. The van der Waals surface area contributed by atoms with E-state index in [9.17, 15) is 34.5 Å². The predicted octanol–water partition coefficient (Wildman–Crippen LogP) is 3.94. The summed E-state index contributed by atoms with van der Waals surface area (Å²) >= 11 is 0. The Morgan fingerprint density at radius 1 is 0.596 bits per heavy atom. The summed E-state index contributed by atoms with van der Waals surface area (Å²) in [5.41, 5.74) is 2.60. The molecule has 14 heteroatoms. The summed E-state index contributed by atoms with van der Waals surface area (Å²) in [5.74, 6) is -3.37. The highest BCUT2D eigenvalue weighted by Gasteiger charge is 2.14. The largest absolute Gasteiger partial charge is 0.462 e. The highest BCUT2D eigenvalue weighted by molar-refractivity contribution is 5.98. The molecular weight excluding hydrogens is 672 g/mol. The van der Waals surface area contributed by atoms with Crippen LogP contribution in [0.3, 0.4) is 0 Å². The van der Waals surface area contributed by atoms with Gasteiger partial charge in [-0.2, -0.15) is 10.5 Å². The van der Waals surface area contributed by atoms with Gasteiger partial charge >= 0.3 is 29.8 Å². The molecule has 272 valence electrons. The third-order valence-corrected chi connectivity index (χ3v) is 6.82. The van der Waals surface area contributed by atoms with E-state index in [4.69, 9.17) is 23.7 Å². The van der Waals surface area contributed by atoms with Gasteiger partial charge in [0.05, 0.1) is 6.54 Å². The van der Waals surface area contributed by atoms with Gasteiger partial charge in [-0.25, -0.2) is 19.2 Å². The van der Waals surface area contributed by atoms with Crippen LogP contribution in [0.1, 0.15) is 25.0 Å². The van der Waals surface area contributed by atoms with Crippen LogP contribution in [0, 0.1) is 22.7 Å². The Morgan fingerprint density at radius 2 is 0.962 bits per heavy atom. The zero-order chi connectivity index (χ0) is 38.6. The third kappa shape index (κ3) is 14.4. The molecule has 0 amide bonds. The Hall–Kier alpha value is -6.67. The van der Waals surface area contributed by atoms with E-state index in [0.717, 1.165) is 5.69 Å². The smallest absolute Gasteiger partial charge is 0.349 e. The maximum atomic E-state index is 12.5. The molecule has 2 aromatic carbocycles. The Bertz CT molecular complexity index is 1780. The lowest BCUT2D eigenvalue weighted by Crippen LogP contribution is -2.30. The number of carbonyl (C=O) groups is 5. The van der Waals surface area contributed by atoms with Crippen LogP contribution >= 0.6 is 0 Å². The first-order valence-corrected chi connectivity index (χ1v) is 15.8. The second-order valence-corrected chi connectivity index (χ2v) is 11.1. The average Bonchev–Trinajstić information content (AvgIpc) is 3.12. The Labute approximate surface area is 302 Å². The van der Waals surface area contributed by atoms with Crippen LogP contribution < -0.4 is 9.80 Å². The molecule has 0 aliphatic rings. The first-order valence-electron chi connectivity index (χ1n) is 15.8. The zero-order valence-corrected chi connectivity index (χ0v) is 29.5. The van der Waals surface area contributed by atoms with Crippen molar-refractivity contribution in [2.24, 2.45) is 0 Å². The van der Waals surface area contributed by atoms with Crippen LogP contribution in [-0.2, 0) is 47.7 Å². The standard InChI is InChI=1S/C38H40N4O10/c1-26(2)35(44)49-17-19-51-37(46)30(23-39)21-28-7-11-32(12-8-28)41(5)15-16-48-34(43)25-42(6)33-13-9-29(10-14-33)22-31(24-40)38(47)52-20-18-50-36(45)27(3)4/h7-14,21-22H,1,3,15-20,25H2,2,4-6H3. The molecule has 2 aromatic rings. The maximum Gasteiger partial charge on any atom is 0.349 e. The molecule has 0 saturated carbocycles. The minimum absolute atomic E-state index is 0.0328. The number of benzene rings is 2. The van der Waals surface area contributed by atoms with Crippen LogP contribution in [0.15, 0.2) is 84.0 Å². The first kappa shape index (κ1) is 41.5. The number of nitriles is 2. The van der Waals surface area contributed by atoms with Gasteiger partial charge in [-0.3, -0.25) is 4.79 Å². The Balaban J connectivity index is 1.81. The van der Waals surface area contributed by atoms with Crippen molar-refractivity contribution in [1.29, 1.82) is 10.5 Å². The van der Waals surface area contributed by atoms with Crippen molar-refractivity contribution < 1.29 is 47.7 Å². The number of hydrogen-bond acceptors (Lipinski definition) is 14. The number of likely N-dealkylation sites (N-methyl/N-ethyl adjacent to an activating group) is 2. The van der Waals surface area contributed by atoms with Gasteiger partial charge in [0.1, 0.15) is 62.9 Å². The van der Waals surface area contributed by atoms with Crippen molar-refractivity contribution in [2.45, 2.75) is 13.8 Å². The molecular formula is C38H40N4O10. The van der Waals surface area contributed by atoms with Gasteiger partial charge in [0.2, 0.25) is 0 Å². The fraction of sp³-hybridized carbons (Fsp3) is 0.289. The molecule has 0 aromatic heterocycles. The third-order valence-electron chi connectivity index (χ3n) is 6.82. The lowest BCUT2D eigenvalue weighted by Gasteiger charge is -2.21. The van der Waals surface area contributed by atoms with E-state index < -0.39 is 29.8 Å². The van der Waals surface area contributed by atoms with E-state index in [1.807, 2.05) is 11.9 Å². The highest BCUT2D eigenvalue weighted by Crippen LogP contribution is 2.18. The SMILES string of the molecule is C=C(C)C(=O)OCCOC(=O)C(C#N)=Cc1ccc(N(C)CCOC(=O)CN(C)c2ccc(C=C(C#N)C(=O)OCCOC(=O)C(=C)C)cc2)cc1.